The van der Waals surface area contributed by atoms with Crippen LogP contribution >= 0.6 is 0 Å². The molecule has 0 unspecified atom stereocenters. The fourth-order valence-electron chi connectivity index (χ4n) is 3.75. The number of esters is 1. The molecule has 0 saturated carbocycles. The van der Waals surface area contributed by atoms with Crippen LogP contribution in [0, 0.1) is 0 Å². The number of allylic oxidation sites excluding steroid dienone is 1. The van der Waals surface area contributed by atoms with Crippen LogP contribution < -0.4 is 5.32 Å². The van der Waals surface area contributed by atoms with Crippen molar-refractivity contribution in [2.24, 2.45) is 0 Å². The highest BCUT2D eigenvalue weighted by molar-refractivity contribution is 6.17. The summed E-state index contributed by atoms with van der Waals surface area (Å²) in [5, 5.41) is 2.13. The van der Waals surface area contributed by atoms with Crippen LogP contribution in [0.15, 0.2) is 42.5 Å². The molecular formula is C26H35NO4. The van der Waals surface area contributed by atoms with Crippen LogP contribution in [-0.4, -0.2) is 17.8 Å². The molecule has 31 heavy (non-hydrogen) atoms. The SMILES string of the molecule is C=CCCCCCCCCCc1ccc(COC(=O)CC2=CC(=O)NC2=O)c(CC)c1. The van der Waals surface area contributed by atoms with E-state index < -0.39 is 17.8 Å². The Morgan fingerprint density at radius 3 is 2.39 bits per heavy atom. The maximum absolute atomic E-state index is 12.0. The Balaban J connectivity index is 1.71. The normalized spacial score (nSPS) is 13.1. The number of carbonyl (C=O) groups is 3. The van der Waals surface area contributed by atoms with E-state index >= 15 is 0 Å². The summed E-state index contributed by atoms with van der Waals surface area (Å²) in [6, 6.07) is 6.36. The van der Waals surface area contributed by atoms with Gasteiger partial charge in [-0.05, 0) is 48.8 Å². The predicted molar refractivity (Wildman–Crippen MR) is 122 cm³/mol. The van der Waals surface area contributed by atoms with Crippen LogP contribution in [0.3, 0.4) is 0 Å². The van der Waals surface area contributed by atoms with Gasteiger partial charge in [0.05, 0.1) is 6.42 Å². The highest BCUT2D eigenvalue weighted by atomic mass is 16.5. The quantitative estimate of drug-likeness (QED) is 0.183. The Labute approximate surface area is 185 Å². The van der Waals surface area contributed by atoms with E-state index in [2.05, 4.69) is 31.0 Å². The zero-order valence-electron chi connectivity index (χ0n) is 18.7. The van der Waals surface area contributed by atoms with E-state index in [9.17, 15) is 14.4 Å². The maximum Gasteiger partial charge on any atom is 0.310 e. The van der Waals surface area contributed by atoms with Crippen molar-refractivity contribution in [3.05, 3.63) is 59.2 Å². The van der Waals surface area contributed by atoms with E-state index in [1.165, 1.54) is 56.1 Å². The molecule has 2 amide bonds. The first-order valence-corrected chi connectivity index (χ1v) is 11.5. The fraction of sp³-hybridized carbons (Fsp3) is 0.500. The van der Waals surface area contributed by atoms with Crippen LogP contribution in [0.1, 0.15) is 81.4 Å². The van der Waals surface area contributed by atoms with Crippen molar-refractivity contribution in [2.75, 3.05) is 0 Å². The van der Waals surface area contributed by atoms with Gasteiger partial charge in [-0.2, -0.15) is 0 Å². The third-order valence-electron chi connectivity index (χ3n) is 5.58. The minimum atomic E-state index is -0.520. The molecule has 0 atom stereocenters. The van der Waals surface area contributed by atoms with Crippen LogP contribution in [0.25, 0.3) is 0 Å². The average molecular weight is 426 g/mol. The molecule has 0 bridgehead atoms. The number of imide groups is 1. The lowest BCUT2D eigenvalue weighted by Gasteiger charge is -2.11. The summed E-state index contributed by atoms with van der Waals surface area (Å²) in [6.07, 6.45) is 15.0. The summed E-state index contributed by atoms with van der Waals surface area (Å²) in [5.74, 6) is -1.51. The predicted octanol–water partition coefficient (Wildman–Crippen LogP) is 5.11. The number of benzene rings is 1. The summed E-state index contributed by atoms with van der Waals surface area (Å²) >= 11 is 0. The molecule has 1 aromatic rings. The Bertz CT molecular complexity index is 810. The largest absolute Gasteiger partial charge is 0.461 e. The molecule has 1 heterocycles. The first-order valence-electron chi connectivity index (χ1n) is 11.5. The number of aryl methyl sites for hydroxylation is 2. The summed E-state index contributed by atoms with van der Waals surface area (Å²) < 4.78 is 5.34. The Morgan fingerprint density at radius 1 is 1.03 bits per heavy atom. The van der Waals surface area contributed by atoms with Crippen molar-refractivity contribution < 1.29 is 19.1 Å². The van der Waals surface area contributed by atoms with E-state index in [0.29, 0.717) is 0 Å². The second-order valence-corrected chi connectivity index (χ2v) is 8.08. The molecule has 5 heteroatoms. The maximum atomic E-state index is 12.0. The number of rotatable bonds is 15. The van der Waals surface area contributed by atoms with E-state index in [0.717, 1.165) is 30.9 Å². The fourth-order valence-corrected chi connectivity index (χ4v) is 3.75. The average Bonchev–Trinajstić information content (AvgIpc) is 3.07. The summed E-state index contributed by atoms with van der Waals surface area (Å²) in [4.78, 5) is 34.7. The first-order chi connectivity index (χ1) is 15.0. The molecule has 1 aliphatic heterocycles. The molecule has 1 aromatic carbocycles. The number of amides is 2. The molecule has 0 aliphatic carbocycles. The second-order valence-electron chi connectivity index (χ2n) is 8.08. The van der Waals surface area contributed by atoms with E-state index in [1.54, 1.807) is 0 Å². The van der Waals surface area contributed by atoms with Crippen molar-refractivity contribution in [3.8, 4) is 0 Å². The lowest BCUT2D eigenvalue weighted by atomic mass is 9.98. The number of hydrogen-bond donors (Lipinski definition) is 1. The molecule has 1 aliphatic rings. The minimum Gasteiger partial charge on any atom is -0.461 e. The van der Waals surface area contributed by atoms with Gasteiger partial charge in [-0.15, -0.1) is 6.58 Å². The van der Waals surface area contributed by atoms with Gasteiger partial charge in [0.1, 0.15) is 6.61 Å². The number of hydrogen-bond acceptors (Lipinski definition) is 4. The standard InChI is InChI=1S/C26H35NO4/c1-3-5-6-7-8-9-10-11-12-13-20-14-15-22(21(4-2)16-20)19-31-25(29)18-23-17-24(28)27-26(23)30/h3,14-17H,1,4-13,18-19H2,2H3,(H,27,28,30). The molecule has 0 saturated heterocycles. The molecule has 2 rings (SSSR count). The van der Waals surface area contributed by atoms with Gasteiger partial charge >= 0.3 is 5.97 Å². The highest BCUT2D eigenvalue weighted by Crippen LogP contribution is 2.18. The van der Waals surface area contributed by atoms with Crippen molar-refractivity contribution in [2.45, 2.75) is 84.2 Å². The third-order valence-corrected chi connectivity index (χ3v) is 5.58. The smallest absolute Gasteiger partial charge is 0.310 e. The minimum absolute atomic E-state index is 0.151. The van der Waals surface area contributed by atoms with Gasteiger partial charge in [0.25, 0.3) is 11.8 Å². The van der Waals surface area contributed by atoms with E-state index in [-0.39, 0.29) is 18.6 Å². The van der Waals surface area contributed by atoms with E-state index in [1.807, 2.05) is 12.1 Å². The number of ether oxygens (including phenoxy) is 1. The zero-order chi connectivity index (χ0) is 22.5. The van der Waals surface area contributed by atoms with E-state index in [4.69, 9.17) is 4.74 Å². The molecule has 168 valence electrons. The Kier molecular flexibility index (Phi) is 10.8. The first kappa shape index (κ1) is 24.6. The number of unbranched alkanes of at least 4 members (excludes halogenated alkanes) is 7. The molecule has 0 aromatic heterocycles. The molecule has 0 radical (unpaired) electrons. The lowest BCUT2D eigenvalue weighted by Crippen LogP contribution is -2.23. The van der Waals surface area contributed by atoms with Crippen molar-refractivity contribution in [1.82, 2.24) is 5.32 Å². The Morgan fingerprint density at radius 2 is 1.74 bits per heavy atom. The van der Waals surface area contributed by atoms with Crippen LogP contribution in [-0.2, 0) is 38.6 Å². The topological polar surface area (TPSA) is 72.5 Å². The van der Waals surface area contributed by atoms with Crippen molar-refractivity contribution >= 4 is 17.8 Å². The number of nitrogens with one attached hydrogen (secondary N) is 1. The molecule has 0 spiro atoms. The molecular weight excluding hydrogens is 390 g/mol. The second kappa shape index (κ2) is 13.6. The van der Waals surface area contributed by atoms with Gasteiger partial charge in [-0.25, -0.2) is 0 Å². The van der Waals surface area contributed by atoms with Gasteiger partial charge in [-0.3, -0.25) is 19.7 Å². The zero-order valence-corrected chi connectivity index (χ0v) is 18.7. The van der Waals surface area contributed by atoms with Crippen molar-refractivity contribution in [3.63, 3.8) is 0 Å². The third kappa shape index (κ3) is 8.91. The summed E-state index contributed by atoms with van der Waals surface area (Å²) in [6.45, 7) is 6.03. The van der Waals surface area contributed by atoms with Gasteiger partial charge in [0, 0.05) is 11.6 Å². The highest BCUT2D eigenvalue weighted by Gasteiger charge is 2.23. The van der Waals surface area contributed by atoms with Gasteiger partial charge in [0.2, 0.25) is 0 Å². The van der Waals surface area contributed by atoms with Crippen LogP contribution in [0.2, 0.25) is 0 Å². The molecule has 0 fully saturated rings. The van der Waals surface area contributed by atoms with Gasteiger partial charge in [-0.1, -0.05) is 63.3 Å². The van der Waals surface area contributed by atoms with Crippen LogP contribution in [0.5, 0.6) is 0 Å². The van der Waals surface area contributed by atoms with Gasteiger partial charge < -0.3 is 4.74 Å². The number of carbonyl (C=O) groups excluding carboxylic acids is 3. The Hall–Kier alpha value is -2.69. The lowest BCUT2D eigenvalue weighted by molar-refractivity contribution is -0.144. The van der Waals surface area contributed by atoms with Crippen molar-refractivity contribution in [1.29, 1.82) is 0 Å². The monoisotopic (exact) mass is 425 g/mol. The summed E-state index contributed by atoms with van der Waals surface area (Å²) in [7, 11) is 0. The van der Waals surface area contributed by atoms with Crippen LogP contribution in [0.4, 0.5) is 0 Å². The summed E-state index contributed by atoms with van der Waals surface area (Å²) in [5.41, 5.74) is 3.64. The molecule has 1 N–H and O–H groups in total. The van der Waals surface area contributed by atoms with Gasteiger partial charge in [0.15, 0.2) is 0 Å². The molecule has 5 nitrogen and oxygen atoms in total.